The van der Waals surface area contributed by atoms with Gasteiger partial charge in [0.05, 0.1) is 4.90 Å². The zero-order chi connectivity index (χ0) is 15.2. The molecule has 0 aliphatic carbocycles. The highest BCUT2D eigenvalue weighted by Gasteiger charge is 2.44. The Morgan fingerprint density at radius 3 is 2.62 bits per heavy atom. The third-order valence-electron chi connectivity index (χ3n) is 4.14. The van der Waals surface area contributed by atoms with E-state index in [1.54, 1.807) is 24.3 Å². The van der Waals surface area contributed by atoms with Crippen molar-refractivity contribution >= 4 is 16.0 Å². The van der Waals surface area contributed by atoms with Gasteiger partial charge in [0, 0.05) is 24.6 Å². The Labute approximate surface area is 124 Å². The second-order valence-electron chi connectivity index (χ2n) is 5.54. The molecular weight excluding hydrogens is 290 g/mol. The van der Waals surface area contributed by atoms with Crippen LogP contribution in [0.2, 0.25) is 0 Å². The third kappa shape index (κ3) is 2.38. The third-order valence-corrected chi connectivity index (χ3v) is 6.02. The molecule has 2 atom stereocenters. The molecule has 2 saturated heterocycles. The first-order valence-electron chi connectivity index (χ1n) is 6.86. The number of esters is 1. The minimum absolute atomic E-state index is 0.227. The van der Waals surface area contributed by atoms with Gasteiger partial charge in [-0.1, -0.05) is 24.3 Å². The molecule has 6 heteroatoms. The normalized spacial score (nSPS) is 26.5. The topological polar surface area (TPSA) is 63.7 Å². The van der Waals surface area contributed by atoms with Crippen molar-refractivity contribution in [2.24, 2.45) is 5.92 Å². The lowest BCUT2D eigenvalue weighted by Crippen LogP contribution is -2.44. The standard InChI is InChI=1S/C15H17NO4S/c1-10-3-5-12(6-4-10)21(18,19)16-8-7-14-13(9-16)11(2)15(17)20-14/h3-6,13-14H,2,7-9H2,1H3/t13-,14-/m0/s1. The van der Waals surface area contributed by atoms with Crippen LogP contribution in [0.25, 0.3) is 0 Å². The minimum Gasteiger partial charge on any atom is -0.458 e. The number of sulfonamides is 1. The number of fused-ring (bicyclic) bond motifs is 1. The predicted molar refractivity (Wildman–Crippen MR) is 77.1 cm³/mol. The Balaban J connectivity index is 1.86. The van der Waals surface area contributed by atoms with Crippen molar-refractivity contribution in [3.8, 4) is 0 Å². The zero-order valence-corrected chi connectivity index (χ0v) is 12.6. The molecule has 112 valence electrons. The largest absolute Gasteiger partial charge is 0.458 e. The van der Waals surface area contributed by atoms with E-state index < -0.39 is 16.0 Å². The summed E-state index contributed by atoms with van der Waals surface area (Å²) >= 11 is 0. The van der Waals surface area contributed by atoms with Crippen LogP contribution in [-0.4, -0.2) is 37.9 Å². The number of nitrogens with zero attached hydrogens (tertiary/aromatic N) is 1. The van der Waals surface area contributed by atoms with Crippen LogP contribution < -0.4 is 0 Å². The average molecular weight is 307 g/mol. The molecule has 0 N–H and O–H groups in total. The monoisotopic (exact) mass is 307 g/mol. The van der Waals surface area contributed by atoms with E-state index in [2.05, 4.69) is 6.58 Å². The molecule has 5 nitrogen and oxygen atoms in total. The fourth-order valence-electron chi connectivity index (χ4n) is 2.82. The quantitative estimate of drug-likeness (QED) is 0.613. The van der Waals surface area contributed by atoms with Crippen molar-refractivity contribution in [2.45, 2.75) is 24.3 Å². The molecule has 0 unspecified atom stereocenters. The van der Waals surface area contributed by atoms with Gasteiger partial charge < -0.3 is 4.74 Å². The van der Waals surface area contributed by atoms with Gasteiger partial charge in [-0.3, -0.25) is 0 Å². The zero-order valence-electron chi connectivity index (χ0n) is 11.8. The highest BCUT2D eigenvalue weighted by molar-refractivity contribution is 7.89. The SMILES string of the molecule is C=C1C(=O)O[C@H]2CCN(S(=O)(=O)c3ccc(C)cc3)C[C@@H]12. The second kappa shape index (κ2) is 4.96. The van der Waals surface area contributed by atoms with Crippen molar-refractivity contribution in [1.29, 1.82) is 0 Å². The molecule has 2 aliphatic heterocycles. The summed E-state index contributed by atoms with van der Waals surface area (Å²) in [4.78, 5) is 11.8. The van der Waals surface area contributed by atoms with Crippen LogP contribution in [0.5, 0.6) is 0 Å². The summed E-state index contributed by atoms with van der Waals surface area (Å²) in [6.45, 7) is 6.25. The number of hydrogen-bond acceptors (Lipinski definition) is 4. The van der Waals surface area contributed by atoms with Gasteiger partial charge in [0.2, 0.25) is 10.0 Å². The molecule has 3 rings (SSSR count). The van der Waals surface area contributed by atoms with E-state index in [1.165, 1.54) is 4.31 Å². The number of hydrogen-bond donors (Lipinski definition) is 0. The van der Waals surface area contributed by atoms with Crippen LogP contribution in [0, 0.1) is 12.8 Å². The van der Waals surface area contributed by atoms with Gasteiger partial charge in [-0.25, -0.2) is 13.2 Å². The molecule has 0 spiro atoms. The van der Waals surface area contributed by atoms with Crippen molar-refractivity contribution in [2.75, 3.05) is 13.1 Å². The van der Waals surface area contributed by atoms with Gasteiger partial charge in [0.15, 0.2) is 0 Å². The summed E-state index contributed by atoms with van der Waals surface area (Å²) in [5.41, 5.74) is 1.39. The van der Waals surface area contributed by atoms with Crippen LogP contribution in [0.3, 0.4) is 0 Å². The number of ether oxygens (including phenoxy) is 1. The van der Waals surface area contributed by atoms with E-state index >= 15 is 0 Å². The summed E-state index contributed by atoms with van der Waals surface area (Å²) in [5, 5.41) is 0. The Morgan fingerprint density at radius 2 is 1.95 bits per heavy atom. The molecule has 2 aliphatic rings. The van der Waals surface area contributed by atoms with E-state index in [0.717, 1.165) is 5.56 Å². The van der Waals surface area contributed by atoms with Crippen molar-refractivity contribution < 1.29 is 17.9 Å². The van der Waals surface area contributed by atoms with Crippen molar-refractivity contribution in [3.05, 3.63) is 42.0 Å². The van der Waals surface area contributed by atoms with E-state index in [1.807, 2.05) is 6.92 Å². The molecule has 1 aromatic rings. The molecule has 2 fully saturated rings. The predicted octanol–water partition coefficient (Wildman–Crippen LogP) is 1.49. The smallest absolute Gasteiger partial charge is 0.334 e. The lowest BCUT2D eigenvalue weighted by atomic mass is 9.92. The van der Waals surface area contributed by atoms with Crippen LogP contribution in [0.1, 0.15) is 12.0 Å². The van der Waals surface area contributed by atoms with Gasteiger partial charge in [-0.05, 0) is 25.5 Å². The number of benzene rings is 1. The van der Waals surface area contributed by atoms with Crippen LogP contribution in [0.15, 0.2) is 41.3 Å². The maximum Gasteiger partial charge on any atom is 0.334 e. The Morgan fingerprint density at radius 1 is 1.29 bits per heavy atom. The number of piperidine rings is 1. The van der Waals surface area contributed by atoms with E-state index in [4.69, 9.17) is 4.74 Å². The first kappa shape index (κ1) is 14.3. The van der Waals surface area contributed by atoms with Gasteiger partial charge in [-0.2, -0.15) is 4.31 Å². The summed E-state index contributed by atoms with van der Waals surface area (Å²) in [5.74, 6) is -0.633. The van der Waals surface area contributed by atoms with Crippen molar-refractivity contribution in [1.82, 2.24) is 4.31 Å². The van der Waals surface area contributed by atoms with Crippen LogP contribution in [-0.2, 0) is 19.6 Å². The second-order valence-corrected chi connectivity index (χ2v) is 7.48. The molecule has 1 aromatic carbocycles. The van der Waals surface area contributed by atoms with Gasteiger partial charge >= 0.3 is 5.97 Å². The highest BCUT2D eigenvalue weighted by atomic mass is 32.2. The molecule has 2 heterocycles. The highest BCUT2D eigenvalue weighted by Crippen LogP contribution is 2.34. The maximum absolute atomic E-state index is 12.6. The number of carbonyl (C=O) groups excluding carboxylic acids is 1. The molecule has 0 radical (unpaired) electrons. The van der Waals surface area contributed by atoms with E-state index in [0.29, 0.717) is 18.5 Å². The first-order valence-corrected chi connectivity index (χ1v) is 8.30. The Bertz CT molecular complexity index is 693. The summed E-state index contributed by atoms with van der Waals surface area (Å²) in [7, 11) is -3.53. The van der Waals surface area contributed by atoms with Gasteiger partial charge in [0.1, 0.15) is 6.10 Å². The number of rotatable bonds is 2. The first-order chi connectivity index (χ1) is 9.89. The van der Waals surface area contributed by atoms with Crippen LogP contribution >= 0.6 is 0 Å². The molecule has 0 amide bonds. The Hall–Kier alpha value is -1.66. The molecule has 0 bridgehead atoms. The van der Waals surface area contributed by atoms with E-state index in [9.17, 15) is 13.2 Å². The van der Waals surface area contributed by atoms with Gasteiger partial charge in [-0.15, -0.1) is 0 Å². The maximum atomic E-state index is 12.6. The molecular formula is C15H17NO4S. The van der Waals surface area contributed by atoms with Crippen molar-refractivity contribution in [3.63, 3.8) is 0 Å². The fraction of sp³-hybridized carbons (Fsp3) is 0.400. The number of carbonyl (C=O) groups is 1. The molecule has 0 saturated carbocycles. The lowest BCUT2D eigenvalue weighted by Gasteiger charge is -2.32. The lowest BCUT2D eigenvalue weighted by molar-refractivity contribution is -0.139. The Kier molecular flexibility index (Phi) is 3.37. The fourth-order valence-corrected chi connectivity index (χ4v) is 4.30. The van der Waals surface area contributed by atoms with Crippen LogP contribution in [0.4, 0.5) is 0 Å². The summed E-state index contributed by atoms with van der Waals surface area (Å²) in [6.07, 6.45) is 0.287. The summed E-state index contributed by atoms with van der Waals surface area (Å²) < 4.78 is 31.9. The minimum atomic E-state index is -3.53. The molecule has 21 heavy (non-hydrogen) atoms. The molecule has 0 aromatic heterocycles. The number of aryl methyl sites for hydroxylation is 1. The van der Waals surface area contributed by atoms with Gasteiger partial charge in [0.25, 0.3) is 0 Å². The summed E-state index contributed by atoms with van der Waals surface area (Å²) in [6, 6.07) is 6.78. The average Bonchev–Trinajstić information content (AvgIpc) is 2.74. The van der Waals surface area contributed by atoms with E-state index in [-0.39, 0.29) is 23.5 Å².